The van der Waals surface area contributed by atoms with E-state index in [0.29, 0.717) is 57.4 Å². The van der Waals surface area contributed by atoms with Crippen molar-refractivity contribution in [2.24, 2.45) is 21.1 Å². The van der Waals surface area contributed by atoms with Crippen LogP contribution in [0.4, 0.5) is 0 Å². The summed E-state index contributed by atoms with van der Waals surface area (Å²) >= 11 is -2.70. The lowest BCUT2D eigenvalue weighted by Gasteiger charge is -2.25. The Hall–Kier alpha value is -9.29. The number of piperidine rings is 1. The number of rotatable bonds is 24. The third kappa shape index (κ3) is 12.9. The number of benzene rings is 3. The summed E-state index contributed by atoms with van der Waals surface area (Å²) in [6.45, 7) is 6.54. The van der Waals surface area contributed by atoms with Gasteiger partial charge in [0.15, 0.2) is 22.6 Å². The molecule has 0 spiro atoms. The van der Waals surface area contributed by atoms with Crippen molar-refractivity contribution < 1.29 is 28.1 Å². The average Bonchev–Trinajstić information content (AvgIpc) is 1.86. The van der Waals surface area contributed by atoms with Crippen molar-refractivity contribution >= 4 is 45.2 Å². The van der Waals surface area contributed by atoms with Crippen LogP contribution in [0.15, 0.2) is 150 Å². The van der Waals surface area contributed by atoms with Gasteiger partial charge in [-0.1, -0.05) is 0 Å². The molecular formula is C68H71N15O6S2. The first-order valence-corrected chi connectivity index (χ1v) is 33.5. The molecule has 466 valence electrons. The van der Waals surface area contributed by atoms with Gasteiger partial charge in [0, 0.05) is 103 Å². The number of ether oxygens (including phenoxy) is 3. The van der Waals surface area contributed by atoms with Gasteiger partial charge in [0.2, 0.25) is 0 Å². The minimum Gasteiger partial charge on any atom is -0.610 e. The van der Waals surface area contributed by atoms with Crippen LogP contribution in [0.25, 0.3) is 84.7 Å². The van der Waals surface area contributed by atoms with Crippen molar-refractivity contribution in [1.82, 2.24) is 72.8 Å². The summed E-state index contributed by atoms with van der Waals surface area (Å²) in [5.74, 6) is 3.10. The molecule has 13 rings (SSSR count). The first kappa shape index (κ1) is 60.6. The smallest absolute Gasteiger partial charge is 0.274 e. The normalized spacial score (nSPS) is 13.4. The van der Waals surface area contributed by atoms with Crippen LogP contribution < -0.4 is 14.2 Å². The maximum atomic E-state index is 13.9. The highest BCUT2D eigenvalue weighted by atomic mass is 32.2. The van der Waals surface area contributed by atoms with E-state index in [-0.39, 0.29) is 5.91 Å². The third-order valence-corrected chi connectivity index (χ3v) is 19.4. The van der Waals surface area contributed by atoms with E-state index < -0.39 is 22.4 Å². The SMILES string of the molecule is COc1ccc(-c2cc(-c3ccnn3C)n3nc([S+]([O-])CCCCCOc4ccc(-c5cc(-c6c(C)nn(C)c6C)n6nc([S+]([O-])CCCCCOc7ccc(-c8cc(-c9cccn9C)n9nc(C(=O)N%10CCCCC%10)cc9n8)cc7)cc6n5)cc4)cc3n2)cc1. The number of hydrogen-bond acceptors (Lipinski definition) is 14. The molecule has 0 saturated carbocycles. The molecule has 2 atom stereocenters. The molecule has 91 heavy (non-hydrogen) atoms. The van der Waals surface area contributed by atoms with Crippen molar-refractivity contribution in [3.8, 4) is 85.1 Å². The van der Waals surface area contributed by atoms with Gasteiger partial charge < -0.3 is 32.8 Å². The highest BCUT2D eigenvalue weighted by molar-refractivity contribution is 7.91. The van der Waals surface area contributed by atoms with Crippen molar-refractivity contribution in [3.05, 3.63) is 157 Å². The zero-order valence-corrected chi connectivity index (χ0v) is 53.5. The van der Waals surface area contributed by atoms with Crippen LogP contribution in [0.2, 0.25) is 0 Å². The Labute approximate surface area is 533 Å². The monoisotopic (exact) mass is 1260 g/mol. The van der Waals surface area contributed by atoms with Crippen LogP contribution in [0.3, 0.4) is 0 Å². The molecule has 2 unspecified atom stereocenters. The second-order valence-electron chi connectivity index (χ2n) is 22.9. The molecule has 9 aromatic heterocycles. The van der Waals surface area contributed by atoms with Crippen LogP contribution >= 0.6 is 0 Å². The van der Waals surface area contributed by atoms with Crippen molar-refractivity contribution in [3.63, 3.8) is 0 Å². The summed E-state index contributed by atoms with van der Waals surface area (Å²) in [5.41, 5.74) is 14.2. The van der Waals surface area contributed by atoms with Gasteiger partial charge in [-0.2, -0.15) is 15.3 Å². The minimum atomic E-state index is -1.37. The number of aryl methyl sites for hydroxylation is 4. The molecule has 0 N–H and O–H groups in total. The number of carbonyl (C=O) groups excluding carboxylic acids is 1. The van der Waals surface area contributed by atoms with Crippen LogP contribution in [-0.2, 0) is 43.5 Å². The summed E-state index contributed by atoms with van der Waals surface area (Å²) in [5, 5.41) is 24.5. The molecular weight excluding hydrogens is 1190 g/mol. The van der Waals surface area contributed by atoms with E-state index in [1.54, 1.807) is 37.6 Å². The fourth-order valence-electron chi connectivity index (χ4n) is 11.8. The molecule has 1 amide bonds. The third-order valence-electron chi connectivity index (χ3n) is 16.8. The zero-order valence-electron chi connectivity index (χ0n) is 51.9. The molecule has 3 aromatic carbocycles. The Kier molecular flexibility index (Phi) is 17.8. The molecule has 21 nitrogen and oxygen atoms in total. The van der Waals surface area contributed by atoms with E-state index in [1.165, 1.54) is 0 Å². The summed E-state index contributed by atoms with van der Waals surface area (Å²) in [7, 11) is 7.44. The van der Waals surface area contributed by atoms with Crippen molar-refractivity contribution in [1.29, 1.82) is 0 Å². The van der Waals surface area contributed by atoms with E-state index in [0.717, 1.165) is 167 Å². The summed E-state index contributed by atoms with van der Waals surface area (Å²) < 4.78 is 56.4. The highest BCUT2D eigenvalue weighted by Gasteiger charge is 2.26. The number of hydrogen-bond donors (Lipinski definition) is 0. The minimum absolute atomic E-state index is 0.0559. The zero-order chi connectivity index (χ0) is 62.7. The van der Waals surface area contributed by atoms with Gasteiger partial charge in [0.1, 0.15) is 28.8 Å². The number of nitrogens with zero attached hydrogens (tertiary/aromatic N) is 15. The number of likely N-dealkylation sites (tertiary alicyclic amines) is 1. The van der Waals surface area contributed by atoms with Gasteiger partial charge >= 0.3 is 0 Å². The number of amides is 1. The summed E-state index contributed by atoms with van der Waals surface area (Å²) in [6.07, 6.45) is 11.6. The van der Waals surface area contributed by atoms with E-state index in [4.69, 9.17) is 49.6 Å². The largest absolute Gasteiger partial charge is 0.610 e. The Morgan fingerprint density at radius 3 is 1.53 bits per heavy atom. The summed E-state index contributed by atoms with van der Waals surface area (Å²) in [6, 6.07) is 41.0. The first-order chi connectivity index (χ1) is 44.3. The maximum absolute atomic E-state index is 13.9. The number of methoxy groups -OCH3 is 1. The molecule has 1 aliphatic rings. The molecule has 1 aliphatic heterocycles. The molecule has 12 aromatic rings. The second kappa shape index (κ2) is 26.7. The van der Waals surface area contributed by atoms with Gasteiger partial charge in [-0.25, -0.2) is 28.5 Å². The fraction of sp³-hybridized carbons (Fsp3) is 0.309. The predicted molar refractivity (Wildman–Crippen MR) is 351 cm³/mol. The lowest BCUT2D eigenvalue weighted by atomic mass is 10.1. The van der Waals surface area contributed by atoms with E-state index in [9.17, 15) is 13.9 Å². The molecule has 10 heterocycles. The maximum Gasteiger partial charge on any atom is 0.274 e. The van der Waals surface area contributed by atoms with Gasteiger partial charge in [-0.05, 0) is 181 Å². The Bertz CT molecular complexity index is 4540. The van der Waals surface area contributed by atoms with Crippen molar-refractivity contribution in [2.75, 3.05) is 44.9 Å². The van der Waals surface area contributed by atoms with E-state index in [2.05, 4.69) is 5.10 Å². The van der Waals surface area contributed by atoms with Gasteiger partial charge in [0.05, 0.1) is 83.7 Å². The topological polar surface area (TPSA) is 225 Å². The Morgan fingerprint density at radius 1 is 0.527 bits per heavy atom. The van der Waals surface area contributed by atoms with Crippen molar-refractivity contribution in [2.45, 2.75) is 81.7 Å². The number of unbranched alkanes of at least 4 members (excludes halogenated alkanes) is 4. The standard InChI is InChI=1S/C68H71N15O6S2/c1-45-67(46(2)78(4)73-45)61-41-55(49-22-28-52(29-23-49)89-36-12-8-14-37-90(85)65-43-63-71-54(47-18-24-50(87-6)25-19-47)40-60(82(63)75-65)58-30-31-69-79(58)5)72-64-44-66(76-83(61)64)91(86)38-15-9-13-35-88-51-26-20-48(21-27-51)53-39-59(57-17-16-32-77(57)3)81-62(70-53)42-56(74-81)68(84)80-33-10-7-11-34-80/h16-32,39-44H,7-15,33-38H2,1-6H3. The first-order valence-electron chi connectivity index (χ1n) is 30.8. The fourth-order valence-corrected chi connectivity index (χ4v) is 13.9. The highest BCUT2D eigenvalue weighted by Crippen LogP contribution is 2.35. The van der Waals surface area contributed by atoms with E-state index >= 15 is 0 Å². The lowest BCUT2D eigenvalue weighted by Crippen LogP contribution is -2.35. The van der Waals surface area contributed by atoms with Crippen LogP contribution in [0.5, 0.6) is 17.2 Å². The van der Waals surface area contributed by atoms with Crippen LogP contribution in [0.1, 0.15) is 79.7 Å². The van der Waals surface area contributed by atoms with Gasteiger partial charge in [-0.15, -0.1) is 10.2 Å². The number of fused-ring (bicyclic) bond motifs is 3. The summed E-state index contributed by atoms with van der Waals surface area (Å²) in [4.78, 5) is 30.3. The average molecular weight is 1260 g/mol. The molecule has 1 fully saturated rings. The van der Waals surface area contributed by atoms with Crippen LogP contribution in [-0.4, -0.2) is 133 Å². The van der Waals surface area contributed by atoms with Gasteiger partial charge in [0.25, 0.3) is 16.0 Å². The molecule has 0 bridgehead atoms. The Balaban J connectivity index is 0.603. The van der Waals surface area contributed by atoms with Crippen LogP contribution in [0, 0.1) is 13.8 Å². The second-order valence-corrected chi connectivity index (χ2v) is 26.0. The quantitative estimate of drug-likeness (QED) is 0.0405. The number of carbonyl (C=O) groups is 1. The Morgan fingerprint density at radius 2 is 1.03 bits per heavy atom. The predicted octanol–water partition coefficient (Wildman–Crippen LogP) is 11.6. The molecule has 0 radical (unpaired) electrons. The molecule has 0 aliphatic carbocycles. The van der Waals surface area contributed by atoms with E-state index in [1.807, 2.05) is 177 Å². The van der Waals surface area contributed by atoms with Gasteiger partial charge in [-0.3, -0.25) is 14.2 Å². The molecule has 23 heteroatoms. The lowest BCUT2D eigenvalue weighted by molar-refractivity contribution is 0.0718. The number of aromatic nitrogens is 14. The molecule has 1 saturated heterocycles.